The number of likely N-dealkylation sites (tertiary alicyclic amines) is 1. The van der Waals surface area contributed by atoms with Crippen LogP contribution in [0, 0.1) is 10.7 Å². The molecule has 1 fully saturated rings. The monoisotopic (exact) mass is 318 g/mol. The zero-order chi connectivity index (χ0) is 15.5. The number of H-pyrrole nitrogens is 1. The second-order valence-electron chi connectivity index (χ2n) is 6.47. The number of hydrogen-bond donors (Lipinski definition) is 2. The van der Waals surface area contributed by atoms with Gasteiger partial charge in [-0.15, -0.1) is 0 Å². The number of quaternary nitrogens is 1. The van der Waals surface area contributed by atoms with Crippen molar-refractivity contribution >= 4 is 23.1 Å². The standard InChI is InChI=1S/C17H23N3OS/c1-13-7-11-19(12-8-13)9-4-10-20-16(21)14-5-2-3-6-15(14)18-17(20)22/h2-3,5-6,13H,4,7-12H2,1H3,(H,18,22)/p+1. The fourth-order valence-electron chi connectivity index (χ4n) is 3.31. The van der Waals surface area contributed by atoms with Crippen LogP contribution in [-0.4, -0.2) is 29.2 Å². The number of benzene rings is 1. The van der Waals surface area contributed by atoms with Gasteiger partial charge in [-0.2, -0.15) is 0 Å². The van der Waals surface area contributed by atoms with Crippen LogP contribution < -0.4 is 10.5 Å². The third-order valence-corrected chi connectivity index (χ3v) is 5.11. The zero-order valence-corrected chi connectivity index (χ0v) is 13.9. The lowest BCUT2D eigenvalue weighted by atomic mass is 9.99. The van der Waals surface area contributed by atoms with Crippen LogP contribution in [0.4, 0.5) is 0 Å². The highest BCUT2D eigenvalue weighted by Gasteiger charge is 2.18. The maximum Gasteiger partial charge on any atom is 0.262 e. The van der Waals surface area contributed by atoms with Crippen molar-refractivity contribution in [2.75, 3.05) is 19.6 Å². The molecule has 3 rings (SSSR count). The van der Waals surface area contributed by atoms with Gasteiger partial charge in [0, 0.05) is 13.0 Å². The molecule has 0 unspecified atom stereocenters. The maximum atomic E-state index is 12.5. The van der Waals surface area contributed by atoms with E-state index in [0.717, 1.165) is 29.8 Å². The van der Waals surface area contributed by atoms with E-state index < -0.39 is 0 Å². The minimum atomic E-state index is 0.0293. The molecule has 0 bridgehead atoms. The Balaban J connectivity index is 1.69. The predicted molar refractivity (Wildman–Crippen MR) is 92.0 cm³/mol. The summed E-state index contributed by atoms with van der Waals surface area (Å²) >= 11 is 5.35. The molecule has 1 aromatic heterocycles. The van der Waals surface area contributed by atoms with Gasteiger partial charge in [-0.25, -0.2) is 0 Å². The first kappa shape index (κ1) is 15.4. The first-order chi connectivity index (χ1) is 10.6. The van der Waals surface area contributed by atoms with Gasteiger partial charge in [0.15, 0.2) is 4.77 Å². The number of nitrogens with zero attached hydrogens (tertiary/aromatic N) is 1. The molecule has 0 atom stereocenters. The highest BCUT2D eigenvalue weighted by molar-refractivity contribution is 7.71. The van der Waals surface area contributed by atoms with Crippen molar-refractivity contribution in [2.45, 2.75) is 32.7 Å². The number of aromatic nitrogens is 2. The molecule has 0 amide bonds. The average Bonchev–Trinajstić information content (AvgIpc) is 2.52. The molecule has 2 aromatic rings. The fourth-order valence-corrected chi connectivity index (χ4v) is 3.59. The Morgan fingerprint density at radius 2 is 2.05 bits per heavy atom. The molecule has 1 aliphatic rings. The molecule has 1 saturated heterocycles. The highest BCUT2D eigenvalue weighted by atomic mass is 32.1. The van der Waals surface area contributed by atoms with Gasteiger partial charge >= 0.3 is 0 Å². The second-order valence-corrected chi connectivity index (χ2v) is 6.86. The van der Waals surface area contributed by atoms with Gasteiger partial charge in [-0.05, 0) is 43.1 Å². The third kappa shape index (κ3) is 3.31. The largest absolute Gasteiger partial charge is 0.335 e. The lowest BCUT2D eigenvalue weighted by Gasteiger charge is -2.27. The molecule has 0 radical (unpaired) electrons. The Morgan fingerprint density at radius 1 is 1.32 bits per heavy atom. The van der Waals surface area contributed by atoms with E-state index in [0.29, 0.717) is 11.3 Å². The molecule has 22 heavy (non-hydrogen) atoms. The number of para-hydroxylation sites is 1. The Kier molecular flexibility index (Phi) is 4.74. The SMILES string of the molecule is CC1CC[NH+](CCCn2c(=S)[nH]c3ccccc3c2=O)CC1. The van der Waals surface area contributed by atoms with Crippen LogP contribution in [0.2, 0.25) is 0 Å². The first-order valence-electron chi connectivity index (χ1n) is 8.20. The van der Waals surface area contributed by atoms with Crippen LogP contribution >= 0.6 is 12.2 Å². The van der Waals surface area contributed by atoms with E-state index in [2.05, 4.69) is 11.9 Å². The normalized spacial score (nSPS) is 22.0. The lowest BCUT2D eigenvalue weighted by Crippen LogP contribution is -3.13. The maximum absolute atomic E-state index is 12.5. The van der Waals surface area contributed by atoms with Crippen molar-refractivity contribution < 1.29 is 4.90 Å². The van der Waals surface area contributed by atoms with E-state index in [9.17, 15) is 4.79 Å². The molecule has 5 heteroatoms. The van der Waals surface area contributed by atoms with Crippen molar-refractivity contribution in [1.82, 2.24) is 9.55 Å². The molecule has 1 aliphatic heterocycles. The van der Waals surface area contributed by atoms with Crippen LogP contribution in [0.25, 0.3) is 10.9 Å². The summed E-state index contributed by atoms with van der Waals surface area (Å²) in [4.78, 5) is 17.4. The summed E-state index contributed by atoms with van der Waals surface area (Å²) in [5, 5.41) is 0.718. The van der Waals surface area contributed by atoms with Gasteiger partial charge in [0.25, 0.3) is 5.56 Å². The van der Waals surface area contributed by atoms with E-state index >= 15 is 0 Å². The van der Waals surface area contributed by atoms with Gasteiger partial charge in [0.05, 0.1) is 30.5 Å². The van der Waals surface area contributed by atoms with Crippen LogP contribution in [0.5, 0.6) is 0 Å². The second kappa shape index (κ2) is 6.75. The van der Waals surface area contributed by atoms with Gasteiger partial charge < -0.3 is 9.88 Å². The molecule has 0 saturated carbocycles. The molecule has 4 nitrogen and oxygen atoms in total. The summed E-state index contributed by atoms with van der Waals surface area (Å²) < 4.78 is 2.25. The zero-order valence-electron chi connectivity index (χ0n) is 13.1. The van der Waals surface area contributed by atoms with Gasteiger partial charge in [-0.1, -0.05) is 19.1 Å². The van der Waals surface area contributed by atoms with Crippen molar-refractivity contribution in [3.05, 3.63) is 39.4 Å². The number of nitrogens with one attached hydrogen (secondary N) is 2. The number of fused-ring (bicyclic) bond motifs is 1. The molecule has 1 aromatic carbocycles. The summed E-state index contributed by atoms with van der Waals surface area (Å²) in [6.45, 7) is 6.70. The van der Waals surface area contributed by atoms with Crippen molar-refractivity contribution in [2.24, 2.45) is 5.92 Å². The Labute approximate surface area is 135 Å². The van der Waals surface area contributed by atoms with Crippen molar-refractivity contribution in [1.29, 1.82) is 0 Å². The molecule has 2 N–H and O–H groups in total. The number of piperidine rings is 1. The predicted octanol–water partition coefficient (Wildman–Crippen LogP) is 1.76. The molecule has 0 aliphatic carbocycles. The minimum absolute atomic E-state index is 0.0293. The van der Waals surface area contributed by atoms with E-state index in [1.165, 1.54) is 25.9 Å². The highest BCUT2D eigenvalue weighted by Crippen LogP contribution is 2.07. The summed E-state index contributed by atoms with van der Waals surface area (Å²) in [6.07, 6.45) is 3.65. The van der Waals surface area contributed by atoms with Gasteiger partial charge in [0.2, 0.25) is 0 Å². The summed E-state index contributed by atoms with van der Waals surface area (Å²) in [7, 11) is 0. The van der Waals surface area contributed by atoms with E-state index in [1.807, 2.05) is 24.3 Å². The van der Waals surface area contributed by atoms with E-state index in [-0.39, 0.29) is 5.56 Å². The van der Waals surface area contributed by atoms with Crippen molar-refractivity contribution in [3.63, 3.8) is 0 Å². The smallest absolute Gasteiger partial charge is 0.262 e. The van der Waals surface area contributed by atoms with E-state index in [1.54, 1.807) is 9.47 Å². The Bertz CT molecular complexity index is 756. The molecular formula is C17H24N3OS+. The molecule has 0 spiro atoms. The van der Waals surface area contributed by atoms with Crippen LogP contribution in [0.3, 0.4) is 0 Å². The van der Waals surface area contributed by atoms with E-state index in [4.69, 9.17) is 12.2 Å². The summed E-state index contributed by atoms with van der Waals surface area (Å²) in [5.41, 5.74) is 0.853. The number of hydrogen-bond acceptors (Lipinski definition) is 2. The first-order valence-corrected chi connectivity index (χ1v) is 8.61. The minimum Gasteiger partial charge on any atom is -0.335 e. The Hall–Kier alpha value is -1.46. The van der Waals surface area contributed by atoms with Crippen LogP contribution in [-0.2, 0) is 6.54 Å². The lowest BCUT2D eigenvalue weighted by molar-refractivity contribution is -0.906. The van der Waals surface area contributed by atoms with Gasteiger partial charge in [-0.3, -0.25) is 9.36 Å². The summed E-state index contributed by atoms with van der Waals surface area (Å²) in [6, 6.07) is 7.56. The quantitative estimate of drug-likeness (QED) is 0.844. The molecular weight excluding hydrogens is 294 g/mol. The number of aromatic amines is 1. The topological polar surface area (TPSA) is 42.2 Å². The van der Waals surface area contributed by atoms with Crippen LogP contribution in [0.1, 0.15) is 26.2 Å². The van der Waals surface area contributed by atoms with Gasteiger partial charge in [0.1, 0.15) is 0 Å². The molecule has 2 heterocycles. The summed E-state index contributed by atoms with van der Waals surface area (Å²) in [5.74, 6) is 0.876. The molecule has 118 valence electrons. The van der Waals surface area contributed by atoms with Crippen LogP contribution in [0.15, 0.2) is 29.1 Å². The van der Waals surface area contributed by atoms with Crippen molar-refractivity contribution in [3.8, 4) is 0 Å². The Morgan fingerprint density at radius 3 is 2.82 bits per heavy atom. The third-order valence-electron chi connectivity index (χ3n) is 4.78. The average molecular weight is 318 g/mol. The fraction of sp³-hybridized carbons (Fsp3) is 0.529. The number of rotatable bonds is 4.